The van der Waals surface area contributed by atoms with Crippen LogP contribution in [0.15, 0.2) is 51.8 Å². The van der Waals surface area contributed by atoms with Gasteiger partial charge in [0.1, 0.15) is 0 Å². The Morgan fingerprint density at radius 1 is 1.10 bits per heavy atom. The second-order valence-corrected chi connectivity index (χ2v) is 6.62. The molecule has 0 aliphatic rings. The van der Waals surface area contributed by atoms with Gasteiger partial charge in [-0.15, -0.1) is 0 Å². The van der Waals surface area contributed by atoms with Gasteiger partial charge in [-0.25, -0.2) is 0 Å². The zero-order valence-corrected chi connectivity index (χ0v) is 13.7. The van der Waals surface area contributed by atoms with E-state index in [9.17, 15) is 13.2 Å². The third-order valence-electron chi connectivity index (χ3n) is 2.58. The SMILES string of the molecule is FC(F)(F)Sc1ccc(NCc2cc(Br)ccc2Cl)cc1. The molecule has 0 amide bonds. The van der Waals surface area contributed by atoms with Crippen molar-refractivity contribution in [2.45, 2.75) is 16.9 Å². The van der Waals surface area contributed by atoms with E-state index in [1.165, 1.54) is 12.1 Å². The van der Waals surface area contributed by atoms with Gasteiger partial charge < -0.3 is 5.32 Å². The summed E-state index contributed by atoms with van der Waals surface area (Å²) in [5, 5.41) is 3.76. The third kappa shape index (κ3) is 5.45. The predicted molar refractivity (Wildman–Crippen MR) is 84.8 cm³/mol. The number of nitrogens with one attached hydrogen (secondary N) is 1. The van der Waals surface area contributed by atoms with Crippen molar-refractivity contribution in [1.82, 2.24) is 0 Å². The van der Waals surface area contributed by atoms with E-state index in [1.54, 1.807) is 18.2 Å². The van der Waals surface area contributed by atoms with Gasteiger partial charge >= 0.3 is 5.51 Å². The molecule has 21 heavy (non-hydrogen) atoms. The van der Waals surface area contributed by atoms with Gasteiger partial charge in [-0.05, 0) is 59.8 Å². The molecule has 0 unspecified atom stereocenters. The van der Waals surface area contributed by atoms with Crippen LogP contribution in [-0.2, 0) is 6.54 Å². The summed E-state index contributed by atoms with van der Waals surface area (Å²) >= 11 is 9.31. The van der Waals surface area contributed by atoms with Gasteiger partial charge in [0.2, 0.25) is 0 Å². The second-order valence-electron chi connectivity index (χ2n) is 4.16. The number of hydrogen-bond acceptors (Lipinski definition) is 2. The highest BCUT2D eigenvalue weighted by Crippen LogP contribution is 2.37. The van der Waals surface area contributed by atoms with Gasteiger partial charge in [0.05, 0.1) is 0 Å². The quantitative estimate of drug-likeness (QED) is 0.606. The summed E-state index contributed by atoms with van der Waals surface area (Å²) in [5.41, 5.74) is -2.63. The van der Waals surface area contributed by atoms with Gasteiger partial charge in [0, 0.05) is 26.6 Å². The van der Waals surface area contributed by atoms with Crippen molar-refractivity contribution in [3.63, 3.8) is 0 Å². The fourth-order valence-electron chi connectivity index (χ4n) is 1.65. The maximum atomic E-state index is 12.2. The summed E-state index contributed by atoms with van der Waals surface area (Å²) in [6.07, 6.45) is 0. The first-order valence-electron chi connectivity index (χ1n) is 5.87. The van der Waals surface area contributed by atoms with Gasteiger partial charge in [-0.2, -0.15) is 13.2 Å². The topological polar surface area (TPSA) is 12.0 Å². The zero-order valence-electron chi connectivity index (χ0n) is 10.5. The van der Waals surface area contributed by atoms with Crippen LogP contribution in [0.4, 0.5) is 18.9 Å². The first-order valence-corrected chi connectivity index (χ1v) is 7.86. The van der Waals surface area contributed by atoms with Crippen LogP contribution in [0.25, 0.3) is 0 Å². The fourth-order valence-corrected chi connectivity index (χ4v) is 2.78. The molecule has 0 aromatic heterocycles. The largest absolute Gasteiger partial charge is 0.446 e. The minimum absolute atomic E-state index is 0.127. The van der Waals surface area contributed by atoms with E-state index in [2.05, 4.69) is 21.2 Å². The lowest BCUT2D eigenvalue weighted by Gasteiger charge is -2.10. The third-order valence-corrected chi connectivity index (χ3v) is 4.18. The second kappa shape index (κ2) is 6.94. The van der Waals surface area contributed by atoms with E-state index in [0.717, 1.165) is 15.7 Å². The first kappa shape index (κ1) is 16.5. The maximum absolute atomic E-state index is 12.2. The molecule has 0 bridgehead atoms. The number of halogens is 5. The normalized spacial score (nSPS) is 11.5. The van der Waals surface area contributed by atoms with Crippen molar-refractivity contribution in [2.24, 2.45) is 0 Å². The highest BCUT2D eigenvalue weighted by molar-refractivity contribution is 9.10. The Labute approximate surface area is 138 Å². The highest BCUT2D eigenvalue weighted by Gasteiger charge is 2.28. The van der Waals surface area contributed by atoms with Crippen LogP contribution in [0.5, 0.6) is 0 Å². The molecule has 1 N–H and O–H groups in total. The van der Waals surface area contributed by atoms with Gasteiger partial charge in [0.15, 0.2) is 0 Å². The molecule has 7 heteroatoms. The van der Waals surface area contributed by atoms with Crippen LogP contribution in [0, 0.1) is 0 Å². The molecule has 0 aliphatic carbocycles. The van der Waals surface area contributed by atoms with Crippen LogP contribution in [0.2, 0.25) is 5.02 Å². The fraction of sp³-hybridized carbons (Fsp3) is 0.143. The molecule has 0 atom stereocenters. The van der Waals surface area contributed by atoms with E-state index < -0.39 is 5.51 Å². The molecule has 0 saturated carbocycles. The molecule has 0 aliphatic heterocycles. The van der Waals surface area contributed by atoms with Crippen LogP contribution in [-0.4, -0.2) is 5.51 Å². The number of benzene rings is 2. The smallest absolute Gasteiger partial charge is 0.381 e. The lowest BCUT2D eigenvalue weighted by atomic mass is 10.2. The van der Waals surface area contributed by atoms with Crippen LogP contribution in [0.1, 0.15) is 5.56 Å². The minimum Gasteiger partial charge on any atom is -0.381 e. The Morgan fingerprint density at radius 3 is 2.38 bits per heavy atom. The summed E-state index contributed by atoms with van der Waals surface area (Å²) in [7, 11) is 0. The van der Waals surface area contributed by atoms with Crippen molar-refractivity contribution in [2.75, 3.05) is 5.32 Å². The molecular formula is C14H10BrClF3NS. The van der Waals surface area contributed by atoms with Crippen molar-refractivity contribution in [1.29, 1.82) is 0 Å². The minimum atomic E-state index is -4.27. The predicted octanol–water partition coefficient (Wildman–Crippen LogP) is 6.33. The van der Waals surface area contributed by atoms with E-state index in [-0.39, 0.29) is 16.7 Å². The molecular weight excluding hydrogens is 387 g/mol. The molecule has 2 rings (SSSR count). The van der Waals surface area contributed by atoms with Crippen molar-refractivity contribution < 1.29 is 13.2 Å². The molecule has 2 aromatic rings. The summed E-state index contributed by atoms with van der Waals surface area (Å²) < 4.78 is 37.6. The molecule has 0 fully saturated rings. The number of hydrogen-bond donors (Lipinski definition) is 1. The van der Waals surface area contributed by atoms with Gasteiger partial charge in [0.25, 0.3) is 0 Å². The molecule has 0 saturated heterocycles. The van der Waals surface area contributed by atoms with E-state index in [1.807, 2.05) is 12.1 Å². The lowest BCUT2D eigenvalue weighted by molar-refractivity contribution is -0.0328. The number of rotatable bonds is 4. The summed E-state index contributed by atoms with van der Waals surface area (Å²) in [5.74, 6) is 0. The van der Waals surface area contributed by atoms with Crippen LogP contribution in [0.3, 0.4) is 0 Å². The van der Waals surface area contributed by atoms with Crippen LogP contribution < -0.4 is 5.32 Å². The molecule has 0 heterocycles. The van der Waals surface area contributed by atoms with Gasteiger partial charge in [-0.1, -0.05) is 27.5 Å². The monoisotopic (exact) mass is 395 g/mol. The number of alkyl halides is 3. The Bertz CT molecular complexity index is 617. The maximum Gasteiger partial charge on any atom is 0.446 e. The summed E-state index contributed by atoms with van der Waals surface area (Å²) in [6.45, 7) is 0.490. The van der Waals surface area contributed by atoms with E-state index in [0.29, 0.717) is 11.6 Å². The highest BCUT2D eigenvalue weighted by atomic mass is 79.9. The molecule has 0 spiro atoms. The summed E-state index contributed by atoms with van der Waals surface area (Å²) in [4.78, 5) is 0.161. The number of thioether (sulfide) groups is 1. The van der Waals surface area contributed by atoms with Crippen molar-refractivity contribution in [3.05, 3.63) is 57.5 Å². The Hall–Kier alpha value is -0.850. The molecule has 0 radical (unpaired) electrons. The van der Waals surface area contributed by atoms with Crippen molar-refractivity contribution >= 4 is 45.0 Å². The average Bonchev–Trinajstić information content (AvgIpc) is 2.40. The Balaban J connectivity index is 1.99. The van der Waals surface area contributed by atoms with Crippen LogP contribution >= 0.6 is 39.3 Å². The zero-order chi connectivity index (χ0) is 15.5. The Morgan fingerprint density at radius 2 is 1.76 bits per heavy atom. The van der Waals surface area contributed by atoms with Crippen molar-refractivity contribution in [3.8, 4) is 0 Å². The summed E-state index contributed by atoms with van der Waals surface area (Å²) in [6, 6.07) is 11.6. The molecule has 2 aromatic carbocycles. The lowest BCUT2D eigenvalue weighted by Crippen LogP contribution is -2.01. The van der Waals surface area contributed by atoms with Gasteiger partial charge in [-0.3, -0.25) is 0 Å². The Kier molecular flexibility index (Phi) is 5.46. The van der Waals surface area contributed by atoms with E-state index >= 15 is 0 Å². The van der Waals surface area contributed by atoms with E-state index in [4.69, 9.17) is 11.6 Å². The molecule has 1 nitrogen and oxygen atoms in total. The average molecular weight is 397 g/mol. The molecule has 112 valence electrons. The first-order chi connectivity index (χ1) is 9.83. The standard InChI is InChI=1S/C14H10BrClF3NS/c15-10-1-6-13(16)9(7-10)8-20-11-2-4-12(5-3-11)21-14(17,18)19/h1-7,20H,8H2. The number of anilines is 1.